The van der Waals surface area contributed by atoms with Crippen LogP contribution >= 0.6 is 0 Å². The van der Waals surface area contributed by atoms with E-state index in [1.54, 1.807) is 4.52 Å². The summed E-state index contributed by atoms with van der Waals surface area (Å²) in [7, 11) is 0. The van der Waals surface area contributed by atoms with Gasteiger partial charge in [-0.05, 0) is 62.7 Å². The Kier molecular flexibility index (Phi) is 6.45. The largest absolute Gasteiger partial charge is 0.381 e. The zero-order valence-corrected chi connectivity index (χ0v) is 17.6. The second-order valence-corrected chi connectivity index (χ2v) is 8.82. The first kappa shape index (κ1) is 20.3. The van der Waals surface area contributed by atoms with Crippen molar-refractivity contribution in [3.63, 3.8) is 0 Å². The fraction of sp³-hybridized carbons (Fsp3) is 0.682. The number of nitrogens with zero attached hydrogens (tertiary/aromatic N) is 4. The lowest BCUT2D eigenvalue weighted by Crippen LogP contribution is -2.41. The predicted molar refractivity (Wildman–Crippen MR) is 112 cm³/mol. The number of fused-ring (bicyclic) bond motifs is 1. The Morgan fingerprint density at radius 1 is 1.17 bits per heavy atom. The molecule has 1 N–H and O–H groups in total. The Morgan fingerprint density at radius 2 is 1.93 bits per heavy atom. The molecule has 4 rings (SSSR count). The number of carbonyl (C=O) groups is 1. The molecule has 0 unspecified atom stereocenters. The van der Waals surface area contributed by atoms with Gasteiger partial charge in [-0.2, -0.15) is 5.10 Å². The van der Waals surface area contributed by atoms with Gasteiger partial charge in [-0.3, -0.25) is 4.79 Å². The minimum Gasteiger partial charge on any atom is -0.381 e. The summed E-state index contributed by atoms with van der Waals surface area (Å²) < 4.78 is 7.14. The van der Waals surface area contributed by atoms with Gasteiger partial charge in [-0.15, -0.1) is 0 Å². The van der Waals surface area contributed by atoms with Gasteiger partial charge in [0.05, 0.1) is 0 Å². The lowest BCUT2D eigenvalue weighted by molar-refractivity contribution is 0.0467. The Morgan fingerprint density at radius 3 is 2.66 bits per heavy atom. The van der Waals surface area contributed by atoms with Crippen LogP contribution in [0.15, 0.2) is 18.2 Å². The average molecular weight is 400 g/mol. The first-order valence-electron chi connectivity index (χ1n) is 11.0. The molecule has 7 nitrogen and oxygen atoms in total. The highest BCUT2D eigenvalue weighted by molar-refractivity contribution is 5.93. The molecule has 0 atom stereocenters. The summed E-state index contributed by atoms with van der Waals surface area (Å²) in [5, 5.41) is 7.66. The smallest absolute Gasteiger partial charge is 0.270 e. The van der Waals surface area contributed by atoms with E-state index in [0.29, 0.717) is 11.6 Å². The highest BCUT2D eigenvalue weighted by atomic mass is 16.5. The molecule has 0 bridgehead atoms. The van der Waals surface area contributed by atoms with E-state index < -0.39 is 0 Å². The lowest BCUT2D eigenvalue weighted by atomic mass is 9.94. The Hall–Kier alpha value is -1.99. The average Bonchev–Trinajstić information content (AvgIpc) is 3.19. The van der Waals surface area contributed by atoms with Crippen LogP contribution in [-0.4, -0.2) is 64.8 Å². The van der Waals surface area contributed by atoms with Crippen LogP contribution in [0.4, 0.5) is 0 Å². The normalized spacial score (nSPS) is 19.8. The molecular weight excluding hydrogens is 366 g/mol. The SMILES string of the molecule is CC(C)c1nc2cccc(C(=O)NCC3CCN(CC4CCOCC4)CC3)n2n1. The van der Waals surface area contributed by atoms with Crippen LogP contribution in [-0.2, 0) is 4.74 Å². The molecule has 7 heteroatoms. The number of carbonyl (C=O) groups excluding carboxylic acids is 1. The Balaban J connectivity index is 1.28. The van der Waals surface area contributed by atoms with E-state index in [1.165, 1.54) is 19.4 Å². The van der Waals surface area contributed by atoms with Crippen molar-refractivity contribution >= 4 is 11.6 Å². The third kappa shape index (κ3) is 4.95. The second-order valence-electron chi connectivity index (χ2n) is 8.82. The van der Waals surface area contributed by atoms with E-state index in [2.05, 4.69) is 34.1 Å². The molecule has 1 amide bonds. The molecule has 0 radical (unpaired) electrons. The number of piperidine rings is 1. The van der Waals surface area contributed by atoms with Gasteiger partial charge in [0.25, 0.3) is 5.91 Å². The maximum atomic E-state index is 12.8. The Bertz CT molecular complexity index is 820. The molecule has 158 valence electrons. The van der Waals surface area contributed by atoms with Gasteiger partial charge >= 0.3 is 0 Å². The van der Waals surface area contributed by atoms with Crippen LogP contribution in [0.5, 0.6) is 0 Å². The number of nitrogens with one attached hydrogen (secondary N) is 1. The number of hydrogen-bond acceptors (Lipinski definition) is 5. The van der Waals surface area contributed by atoms with Crippen molar-refractivity contribution < 1.29 is 9.53 Å². The highest BCUT2D eigenvalue weighted by Gasteiger charge is 2.24. The molecule has 4 heterocycles. The van der Waals surface area contributed by atoms with Crippen molar-refractivity contribution in [3.8, 4) is 0 Å². The zero-order valence-electron chi connectivity index (χ0n) is 17.6. The molecule has 29 heavy (non-hydrogen) atoms. The minimum absolute atomic E-state index is 0.0690. The van der Waals surface area contributed by atoms with Gasteiger partial charge in [0.1, 0.15) is 5.69 Å². The van der Waals surface area contributed by atoms with Gasteiger partial charge in [0.15, 0.2) is 11.5 Å². The number of hydrogen-bond donors (Lipinski definition) is 1. The summed E-state index contributed by atoms with van der Waals surface area (Å²) in [5.74, 6) is 2.27. The van der Waals surface area contributed by atoms with Crippen LogP contribution in [0.25, 0.3) is 5.65 Å². The molecule has 2 aromatic heterocycles. The second kappa shape index (κ2) is 9.22. The maximum absolute atomic E-state index is 12.8. The number of aromatic nitrogens is 3. The molecule has 2 fully saturated rings. The number of ether oxygens (including phenoxy) is 1. The van der Waals surface area contributed by atoms with E-state index >= 15 is 0 Å². The number of amides is 1. The minimum atomic E-state index is -0.0690. The molecule has 2 saturated heterocycles. The molecule has 0 aromatic carbocycles. The van der Waals surface area contributed by atoms with Gasteiger partial charge < -0.3 is 15.0 Å². The molecule has 0 aliphatic carbocycles. The zero-order chi connectivity index (χ0) is 20.2. The summed E-state index contributed by atoms with van der Waals surface area (Å²) in [4.78, 5) is 19.9. The van der Waals surface area contributed by atoms with Gasteiger partial charge in [0.2, 0.25) is 0 Å². The number of rotatable bonds is 6. The monoisotopic (exact) mass is 399 g/mol. The summed E-state index contributed by atoms with van der Waals surface area (Å²) in [6.07, 6.45) is 4.69. The standard InChI is InChI=1S/C22H33N5O2/c1-16(2)21-24-20-5-3-4-19(27(20)25-21)22(28)23-14-17-6-10-26(11-7-17)15-18-8-12-29-13-9-18/h3-5,16-18H,6-15H2,1-2H3,(H,23,28). The molecule has 2 aliphatic heterocycles. The molecule has 0 saturated carbocycles. The highest BCUT2D eigenvalue weighted by Crippen LogP contribution is 2.21. The van der Waals surface area contributed by atoms with E-state index in [4.69, 9.17) is 4.74 Å². The van der Waals surface area contributed by atoms with Crippen molar-refractivity contribution in [1.82, 2.24) is 24.8 Å². The fourth-order valence-corrected chi connectivity index (χ4v) is 4.33. The van der Waals surface area contributed by atoms with Crippen LogP contribution in [0.3, 0.4) is 0 Å². The van der Waals surface area contributed by atoms with Gasteiger partial charge in [-0.25, -0.2) is 9.50 Å². The summed E-state index contributed by atoms with van der Waals surface area (Å²) in [6.45, 7) is 10.2. The summed E-state index contributed by atoms with van der Waals surface area (Å²) in [6, 6.07) is 5.58. The lowest BCUT2D eigenvalue weighted by Gasteiger charge is -2.35. The first-order chi connectivity index (χ1) is 14.1. The van der Waals surface area contributed by atoms with E-state index in [-0.39, 0.29) is 11.8 Å². The van der Waals surface area contributed by atoms with Crippen molar-refractivity contribution in [2.45, 2.75) is 45.4 Å². The summed E-state index contributed by atoms with van der Waals surface area (Å²) >= 11 is 0. The molecular formula is C22H33N5O2. The van der Waals surface area contributed by atoms with Crippen molar-refractivity contribution in [2.24, 2.45) is 11.8 Å². The quantitative estimate of drug-likeness (QED) is 0.809. The van der Waals surface area contributed by atoms with Gasteiger partial charge in [-0.1, -0.05) is 19.9 Å². The first-order valence-corrected chi connectivity index (χ1v) is 11.0. The molecule has 2 aliphatic rings. The van der Waals surface area contributed by atoms with E-state index in [0.717, 1.165) is 63.1 Å². The van der Waals surface area contributed by atoms with Crippen molar-refractivity contribution in [1.29, 1.82) is 0 Å². The van der Waals surface area contributed by atoms with Crippen LogP contribution < -0.4 is 5.32 Å². The van der Waals surface area contributed by atoms with E-state index in [9.17, 15) is 4.79 Å². The fourth-order valence-electron chi connectivity index (χ4n) is 4.33. The number of likely N-dealkylation sites (tertiary alicyclic amines) is 1. The number of pyridine rings is 1. The van der Waals surface area contributed by atoms with E-state index in [1.807, 2.05) is 18.2 Å². The van der Waals surface area contributed by atoms with Crippen LogP contribution in [0.2, 0.25) is 0 Å². The van der Waals surface area contributed by atoms with Crippen LogP contribution in [0, 0.1) is 11.8 Å². The maximum Gasteiger partial charge on any atom is 0.270 e. The Labute approximate surface area is 172 Å². The molecule has 0 spiro atoms. The van der Waals surface area contributed by atoms with Crippen LogP contribution in [0.1, 0.15) is 61.8 Å². The predicted octanol–water partition coefficient (Wildman–Crippen LogP) is 2.72. The topological polar surface area (TPSA) is 71.8 Å². The molecule has 2 aromatic rings. The third-order valence-corrected chi connectivity index (χ3v) is 6.24. The van der Waals surface area contributed by atoms with Crippen molar-refractivity contribution in [3.05, 3.63) is 29.7 Å². The van der Waals surface area contributed by atoms with Gasteiger partial charge in [0, 0.05) is 32.2 Å². The van der Waals surface area contributed by atoms with Crippen molar-refractivity contribution in [2.75, 3.05) is 39.4 Å². The summed E-state index contributed by atoms with van der Waals surface area (Å²) in [5.41, 5.74) is 1.28. The third-order valence-electron chi connectivity index (χ3n) is 6.24.